The number of furan rings is 1. The minimum absolute atomic E-state index is 0.560. The lowest BCUT2D eigenvalue weighted by atomic mass is 9.78. The number of benzene rings is 9. The molecule has 2 aliphatic rings. The first-order valence-corrected chi connectivity index (χ1v) is 21.2. The number of hydrogen-bond acceptors (Lipinski definition) is 2. The zero-order valence-corrected chi connectivity index (χ0v) is 32.7. The van der Waals surface area contributed by atoms with Crippen molar-refractivity contribution in [2.24, 2.45) is 0 Å². The molecule has 0 aliphatic heterocycles. The number of nitrogens with zero attached hydrogens (tertiary/aromatic N) is 2. The highest BCUT2D eigenvalue weighted by Crippen LogP contribution is 2.52. The van der Waals surface area contributed by atoms with Crippen LogP contribution in [-0.4, -0.2) is 4.57 Å². The Morgan fingerprint density at radius 1 is 0.424 bits per heavy atom. The van der Waals surface area contributed by atoms with E-state index in [-0.39, 0.29) is 0 Å². The van der Waals surface area contributed by atoms with Crippen molar-refractivity contribution in [3.05, 3.63) is 181 Å². The highest BCUT2D eigenvalue weighted by molar-refractivity contribution is 6.14. The zero-order valence-electron chi connectivity index (χ0n) is 32.7. The second-order valence-corrected chi connectivity index (χ2v) is 16.7. The summed E-state index contributed by atoms with van der Waals surface area (Å²) in [5.74, 6) is 0.560. The standard InChI is InChI=1S/C56H40N2O/c1-3-13-35(14-4-1)43-19-11-20-46-47-21-12-24-54(56(47)59-55(43)46)57(40-15-5-2-6-16-40)41-27-25-36-31-48-49-32-37-26-28-42(30-39(37)34-51(49)50(48)33-38(36)29-41)58-52-22-9-7-17-44(52)45-18-8-10-23-53(45)58/h2,5-12,15-35H,1,3-4,13-14H2. The third-order valence-corrected chi connectivity index (χ3v) is 13.4. The molecule has 0 atom stereocenters. The summed E-state index contributed by atoms with van der Waals surface area (Å²) in [6, 6.07) is 65.0. The Morgan fingerprint density at radius 2 is 1.00 bits per heavy atom. The minimum Gasteiger partial charge on any atom is -0.454 e. The molecule has 1 saturated carbocycles. The molecule has 0 amide bonds. The highest BCUT2D eigenvalue weighted by atomic mass is 16.3. The van der Waals surface area contributed by atoms with Crippen LogP contribution in [0.1, 0.15) is 43.6 Å². The fourth-order valence-electron chi connectivity index (χ4n) is 10.6. The summed E-state index contributed by atoms with van der Waals surface area (Å²) < 4.78 is 9.44. The van der Waals surface area contributed by atoms with Gasteiger partial charge in [0, 0.05) is 38.6 Å². The molecule has 0 saturated heterocycles. The molecular weight excluding hydrogens is 717 g/mol. The lowest BCUT2D eigenvalue weighted by Gasteiger charge is -2.28. The number of anilines is 3. The maximum atomic E-state index is 7.03. The summed E-state index contributed by atoms with van der Waals surface area (Å²) in [6.07, 6.45) is 6.42. The molecule has 9 aromatic carbocycles. The molecule has 1 fully saturated rings. The van der Waals surface area contributed by atoms with E-state index in [0.717, 1.165) is 28.2 Å². The Hall–Kier alpha value is -7.10. The van der Waals surface area contributed by atoms with Crippen molar-refractivity contribution in [1.29, 1.82) is 0 Å². The summed E-state index contributed by atoms with van der Waals surface area (Å²) in [6.45, 7) is 0. The summed E-state index contributed by atoms with van der Waals surface area (Å²) >= 11 is 0. The molecule has 0 radical (unpaired) electrons. The van der Waals surface area contributed by atoms with Gasteiger partial charge >= 0.3 is 0 Å². The normalized spacial score (nSPS) is 14.0. The van der Waals surface area contributed by atoms with Crippen LogP contribution < -0.4 is 4.90 Å². The first-order chi connectivity index (χ1) is 29.2. The number of para-hydroxylation sites is 5. The SMILES string of the molecule is c1ccc(N(c2ccc3cc4c(cc3c2)-c2cc3cc(-n5c6ccccc6c6ccccc65)ccc3cc2-4)c2cccc3c2oc2c(C4CCCCC4)cccc23)cc1. The molecule has 11 aromatic rings. The predicted molar refractivity (Wildman–Crippen MR) is 248 cm³/mol. The second kappa shape index (κ2) is 12.7. The van der Waals surface area contributed by atoms with Gasteiger partial charge in [0.2, 0.25) is 0 Å². The van der Waals surface area contributed by atoms with Gasteiger partial charge in [-0.1, -0.05) is 116 Å². The van der Waals surface area contributed by atoms with Crippen LogP contribution in [0.5, 0.6) is 0 Å². The maximum Gasteiger partial charge on any atom is 0.159 e. The van der Waals surface area contributed by atoms with Crippen molar-refractivity contribution < 1.29 is 4.42 Å². The van der Waals surface area contributed by atoms with Gasteiger partial charge in [0.15, 0.2) is 5.58 Å². The van der Waals surface area contributed by atoms with Gasteiger partial charge < -0.3 is 13.9 Å². The summed E-state index contributed by atoms with van der Waals surface area (Å²) in [5.41, 5.74) is 15.6. The largest absolute Gasteiger partial charge is 0.454 e. The molecular formula is C56H40N2O. The van der Waals surface area contributed by atoms with Crippen LogP contribution in [0.4, 0.5) is 17.1 Å². The van der Waals surface area contributed by atoms with Gasteiger partial charge in [-0.2, -0.15) is 0 Å². The fraction of sp³-hybridized carbons (Fsp3) is 0.107. The van der Waals surface area contributed by atoms with Gasteiger partial charge in [0.1, 0.15) is 5.58 Å². The van der Waals surface area contributed by atoms with Crippen molar-refractivity contribution >= 4 is 82.4 Å². The molecule has 0 N–H and O–H groups in total. The fourth-order valence-corrected chi connectivity index (χ4v) is 10.6. The molecule has 13 rings (SSSR count). The molecule has 3 nitrogen and oxygen atoms in total. The Bertz CT molecular complexity index is 3440. The lowest BCUT2D eigenvalue weighted by molar-refractivity contribution is 0.442. The van der Waals surface area contributed by atoms with E-state index in [4.69, 9.17) is 4.42 Å². The van der Waals surface area contributed by atoms with Crippen LogP contribution in [-0.2, 0) is 0 Å². The minimum atomic E-state index is 0.560. The third-order valence-electron chi connectivity index (χ3n) is 13.4. The second-order valence-electron chi connectivity index (χ2n) is 16.7. The van der Waals surface area contributed by atoms with Gasteiger partial charge in [-0.25, -0.2) is 0 Å². The zero-order chi connectivity index (χ0) is 38.6. The smallest absolute Gasteiger partial charge is 0.159 e. The number of aromatic nitrogens is 1. The van der Waals surface area contributed by atoms with Gasteiger partial charge in [-0.15, -0.1) is 0 Å². The van der Waals surface area contributed by atoms with Crippen LogP contribution in [0, 0.1) is 0 Å². The van der Waals surface area contributed by atoms with Crippen molar-refractivity contribution in [2.75, 3.05) is 4.90 Å². The van der Waals surface area contributed by atoms with Gasteiger partial charge in [0.25, 0.3) is 0 Å². The number of fused-ring (bicyclic) bond motifs is 12. The molecule has 0 spiro atoms. The topological polar surface area (TPSA) is 21.3 Å². The molecule has 3 heteroatoms. The van der Waals surface area contributed by atoms with E-state index in [0.29, 0.717) is 5.92 Å². The molecule has 59 heavy (non-hydrogen) atoms. The van der Waals surface area contributed by atoms with Crippen LogP contribution in [0.3, 0.4) is 0 Å². The molecule has 2 aromatic heterocycles. The Labute approximate surface area is 342 Å². The van der Waals surface area contributed by atoms with Crippen molar-refractivity contribution in [3.8, 4) is 27.9 Å². The van der Waals surface area contributed by atoms with E-state index in [9.17, 15) is 0 Å². The van der Waals surface area contributed by atoms with Gasteiger partial charge in [-0.05, 0) is 147 Å². The quantitative estimate of drug-likeness (QED) is 0.174. The monoisotopic (exact) mass is 756 g/mol. The van der Waals surface area contributed by atoms with Crippen LogP contribution in [0.15, 0.2) is 180 Å². The molecule has 0 unspecified atom stereocenters. The van der Waals surface area contributed by atoms with Gasteiger partial charge in [-0.3, -0.25) is 0 Å². The molecule has 0 bridgehead atoms. The van der Waals surface area contributed by atoms with Crippen LogP contribution >= 0.6 is 0 Å². The molecule has 2 aliphatic carbocycles. The number of rotatable bonds is 5. The average molecular weight is 757 g/mol. The summed E-state index contributed by atoms with van der Waals surface area (Å²) in [7, 11) is 0. The van der Waals surface area contributed by atoms with Crippen LogP contribution in [0.2, 0.25) is 0 Å². The van der Waals surface area contributed by atoms with Crippen molar-refractivity contribution in [3.63, 3.8) is 0 Å². The Kier molecular flexibility index (Phi) is 7.09. The van der Waals surface area contributed by atoms with E-state index < -0.39 is 0 Å². The first-order valence-electron chi connectivity index (χ1n) is 21.2. The summed E-state index contributed by atoms with van der Waals surface area (Å²) in [5, 5.41) is 9.93. The predicted octanol–water partition coefficient (Wildman–Crippen LogP) is 16.2. The van der Waals surface area contributed by atoms with Crippen molar-refractivity contribution in [2.45, 2.75) is 38.0 Å². The highest BCUT2D eigenvalue weighted by Gasteiger charge is 2.26. The van der Waals surface area contributed by atoms with E-state index in [1.165, 1.54) is 120 Å². The number of hydrogen-bond donors (Lipinski definition) is 0. The third kappa shape index (κ3) is 4.94. The van der Waals surface area contributed by atoms with Crippen LogP contribution in [0.25, 0.3) is 93.2 Å². The van der Waals surface area contributed by atoms with E-state index in [1.807, 2.05) is 0 Å². The van der Waals surface area contributed by atoms with Crippen molar-refractivity contribution in [1.82, 2.24) is 4.57 Å². The Balaban J connectivity index is 0.929. The Morgan fingerprint density at radius 3 is 1.71 bits per heavy atom. The van der Waals surface area contributed by atoms with E-state index >= 15 is 0 Å². The van der Waals surface area contributed by atoms with E-state index in [1.54, 1.807) is 0 Å². The van der Waals surface area contributed by atoms with Gasteiger partial charge in [0.05, 0.1) is 16.7 Å². The maximum absolute atomic E-state index is 7.03. The summed E-state index contributed by atoms with van der Waals surface area (Å²) in [4.78, 5) is 2.38. The molecule has 280 valence electrons. The average Bonchev–Trinajstić information content (AvgIpc) is 3.85. The molecule has 2 heterocycles. The lowest BCUT2D eigenvalue weighted by Crippen LogP contribution is -2.10. The first kappa shape index (κ1) is 32.9. The van der Waals surface area contributed by atoms with E-state index in [2.05, 4.69) is 185 Å².